The Kier molecular flexibility index (Phi) is 5.34. The minimum atomic E-state index is -0.541. The van der Waals surface area contributed by atoms with Crippen LogP contribution in [0, 0.1) is 5.82 Å². The summed E-state index contributed by atoms with van der Waals surface area (Å²) in [5.41, 5.74) is 0.326. The van der Waals surface area contributed by atoms with E-state index in [4.69, 9.17) is 21.1 Å². The zero-order chi connectivity index (χ0) is 14.5. The second kappa shape index (κ2) is 7.02. The van der Waals surface area contributed by atoms with E-state index in [-0.39, 0.29) is 23.1 Å². The number of rotatable bonds is 5. The lowest BCUT2D eigenvalue weighted by Gasteiger charge is -2.17. The molecule has 0 unspecified atom stereocenters. The molecule has 1 saturated heterocycles. The standard InChI is InChI=1S/C14H17ClFNO3/c1-9(7-20-11-4-5-19-8-11)17-14(18)10-2-3-13(16)12(15)6-10/h2-3,6,9,11H,4-5,7-8H2,1H3,(H,17,18)/t9-,11+/m1/s1. The summed E-state index contributed by atoms with van der Waals surface area (Å²) >= 11 is 5.65. The fraction of sp³-hybridized carbons (Fsp3) is 0.500. The Morgan fingerprint density at radius 1 is 1.65 bits per heavy atom. The summed E-state index contributed by atoms with van der Waals surface area (Å²) in [7, 11) is 0. The van der Waals surface area contributed by atoms with E-state index in [9.17, 15) is 9.18 Å². The molecule has 0 bridgehead atoms. The Bertz CT molecular complexity index is 477. The normalized spacial score (nSPS) is 19.9. The molecule has 1 heterocycles. The van der Waals surface area contributed by atoms with Crippen LogP contribution in [0.4, 0.5) is 4.39 Å². The highest BCUT2D eigenvalue weighted by Gasteiger charge is 2.18. The van der Waals surface area contributed by atoms with E-state index in [0.717, 1.165) is 13.0 Å². The van der Waals surface area contributed by atoms with Crippen LogP contribution in [0.1, 0.15) is 23.7 Å². The van der Waals surface area contributed by atoms with Crippen molar-refractivity contribution in [1.82, 2.24) is 5.32 Å². The first-order valence-electron chi connectivity index (χ1n) is 6.51. The zero-order valence-corrected chi connectivity index (χ0v) is 12.0. The van der Waals surface area contributed by atoms with Crippen molar-refractivity contribution in [3.63, 3.8) is 0 Å². The Morgan fingerprint density at radius 3 is 3.10 bits per heavy atom. The van der Waals surface area contributed by atoms with Crippen LogP contribution >= 0.6 is 11.6 Å². The Labute approximate surface area is 122 Å². The van der Waals surface area contributed by atoms with Crippen molar-refractivity contribution in [2.75, 3.05) is 19.8 Å². The van der Waals surface area contributed by atoms with Gasteiger partial charge in [-0.15, -0.1) is 0 Å². The van der Waals surface area contributed by atoms with Gasteiger partial charge in [-0.25, -0.2) is 4.39 Å². The van der Waals surface area contributed by atoms with E-state index in [1.165, 1.54) is 18.2 Å². The summed E-state index contributed by atoms with van der Waals surface area (Å²) in [5, 5.41) is 2.72. The average molecular weight is 302 g/mol. The van der Waals surface area contributed by atoms with Gasteiger partial charge in [0.2, 0.25) is 0 Å². The predicted molar refractivity (Wildman–Crippen MR) is 73.5 cm³/mol. The van der Waals surface area contributed by atoms with Crippen molar-refractivity contribution in [2.45, 2.75) is 25.5 Å². The molecule has 1 aromatic rings. The van der Waals surface area contributed by atoms with Gasteiger partial charge in [-0.2, -0.15) is 0 Å². The molecule has 2 rings (SSSR count). The van der Waals surface area contributed by atoms with E-state index in [1.807, 2.05) is 6.92 Å². The average Bonchev–Trinajstić information content (AvgIpc) is 2.92. The summed E-state index contributed by atoms with van der Waals surface area (Å²) in [6.07, 6.45) is 0.989. The molecule has 1 amide bonds. The van der Waals surface area contributed by atoms with Crippen molar-refractivity contribution in [3.8, 4) is 0 Å². The number of carbonyl (C=O) groups is 1. The van der Waals surface area contributed by atoms with Gasteiger partial charge in [0.05, 0.1) is 24.3 Å². The van der Waals surface area contributed by atoms with Crippen LogP contribution in [0.2, 0.25) is 5.02 Å². The van der Waals surface area contributed by atoms with Gasteiger partial charge in [0, 0.05) is 18.2 Å². The summed E-state index contributed by atoms with van der Waals surface area (Å²) in [4.78, 5) is 11.9. The van der Waals surface area contributed by atoms with Crippen LogP contribution in [-0.2, 0) is 9.47 Å². The van der Waals surface area contributed by atoms with Crippen molar-refractivity contribution in [2.24, 2.45) is 0 Å². The molecule has 1 N–H and O–H groups in total. The molecule has 1 fully saturated rings. The molecule has 2 atom stereocenters. The van der Waals surface area contributed by atoms with Crippen molar-refractivity contribution < 1.29 is 18.7 Å². The fourth-order valence-electron chi connectivity index (χ4n) is 1.91. The first-order valence-corrected chi connectivity index (χ1v) is 6.89. The molecule has 0 radical (unpaired) electrons. The van der Waals surface area contributed by atoms with E-state index in [0.29, 0.717) is 18.8 Å². The molecule has 110 valence electrons. The van der Waals surface area contributed by atoms with Crippen LogP contribution in [0.5, 0.6) is 0 Å². The maximum atomic E-state index is 13.0. The highest BCUT2D eigenvalue weighted by molar-refractivity contribution is 6.31. The molecule has 6 heteroatoms. The van der Waals surface area contributed by atoms with Gasteiger partial charge < -0.3 is 14.8 Å². The predicted octanol–water partition coefficient (Wildman–Crippen LogP) is 2.40. The number of carbonyl (C=O) groups excluding carboxylic acids is 1. The zero-order valence-electron chi connectivity index (χ0n) is 11.2. The van der Waals surface area contributed by atoms with Crippen molar-refractivity contribution in [3.05, 3.63) is 34.6 Å². The second-order valence-electron chi connectivity index (χ2n) is 4.82. The van der Waals surface area contributed by atoms with Gasteiger partial charge in [-0.1, -0.05) is 11.6 Å². The van der Waals surface area contributed by atoms with Crippen LogP contribution in [-0.4, -0.2) is 37.9 Å². The molecule has 0 saturated carbocycles. The van der Waals surface area contributed by atoms with Gasteiger partial charge in [0.1, 0.15) is 5.82 Å². The minimum Gasteiger partial charge on any atom is -0.379 e. The Morgan fingerprint density at radius 2 is 2.45 bits per heavy atom. The van der Waals surface area contributed by atoms with Gasteiger partial charge in [0.15, 0.2) is 0 Å². The first kappa shape index (κ1) is 15.2. The number of amides is 1. The lowest BCUT2D eigenvalue weighted by atomic mass is 10.2. The number of ether oxygens (including phenoxy) is 2. The molecular weight excluding hydrogens is 285 g/mol. The lowest BCUT2D eigenvalue weighted by molar-refractivity contribution is 0.0318. The van der Waals surface area contributed by atoms with Gasteiger partial charge in [-0.3, -0.25) is 4.79 Å². The molecule has 1 aromatic carbocycles. The van der Waals surface area contributed by atoms with Crippen LogP contribution in [0.25, 0.3) is 0 Å². The van der Waals surface area contributed by atoms with Crippen LogP contribution in [0.3, 0.4) is 0 Å². The van der Waals surface area contributed by atoms with E-state index < -0.39 is 5.82 Å². The monoisotopic (exact) mass is 301 g/mol. The molecule has 0 aliphatic carbocycles. The number of hydrogen-bond acceptors (Lipinski definition) is 3. The Balaban J connectivity index is 1.81. The molecule has 0 aromatic heterocycles. The van der Waals surface area contributed by atoms with Gasteiger partial charge in [0.25, 0.3) is 5.91 Å². The number of benzene rings is 1. The quantitative estimate of drug-likeness (QED) is 0.908. The van der Waals surface area contributed by atoms with E-state index in [2.05, 4.69) is 5.32 Å². The van der Waals surface area contributed by atoms with Crippen LogP contribution in [0.15, 0.2) is 18.2 Å². The molecule has 1 aliphatic heterocycles. The number of hydrogen-bond donors (Lipinski definition) is 1. The van der Waals surface area contributed by atoms with E-state index in [1.54, 1.807) is 0 Å². The third kappa shape index (κ3) is 4.16. The second-order valence-corrected chi connectivity index (χ2v) is 5.23. The lowest BCUT2D eigenvalue weighted by Crippen LogP contribution is -2.37. The summed E-state index contributed by atoms with van der Waals surface area (Å²) in [6.45, 7) is 3.58. The highest BCUT2D eigenvalue weighted by atomic mass is 35.5. The number of halogens is 2. The molecule has 20 heavy (non-hydrogen) atoms. The number of nitrogens with one attached hydrogen (secondary N) is 1. The maximum Gasteiger partial charge on any atom is 0.251 e. The highest BCUT2D eigenvalue weighted by Crippen LogP contribution is 2.16. The van der Waals surface area contributed by atoms with Crippen molar-refractivity contribution in [1.29, 1.82) is 0 Å². The third-order valence-electron chi connectivity index (χ3n) is 3.03. The Hall–Kier alpha value is -1.17. The SMILES string of the molecule is C[C@H](CO[C@H]1CCOC1)NC(=O)c1ccc(F)c(Cl)c1. The summed E-state index contributed by atoms with van der Waals surface area (Å²) in [5.74, 6) is -0.841. The molecule has 4 nitrogen and oxygen atoms in total. The topological polar surface area (TPSA) is 47.6 Å². The van der Waals surface area contributed by atoms with Gasteiger partial charge >= 0.3 is 0 Å². The maximum absolute atomic E-state index is 13.0. The molecule has 0 spiro atoms. The van der Waals surface area contributed by atoms with Gasteiger partial charge in [-0.05, 0) is 31.5 Å². The largest absolute Gasteiger partial charge is 0.379 e. The minimum absolute atomic E-state index is 0.0651. The third-order valence-corrected chi connectivity index (χ3v) is 3.32. The smallest absolute Gasteiger partial charge is 0.251 e. The fourth-order valence-corrected chi connectivity index (χ4v) is 2.09. The molecule has 1 aliphatic rings. The van der Waals surface area contributed by atoms with E-state index >= 15 is 0 Å². The summed E-state index contributed by atoms with van der Waals surface area (Å²) in [6, 6.07) is 3.74. The van der Waals surface area contributed by atoms with Crippen molar-refractivity contribution >= 4 is 17.5 Å². The van der Waals surface area contributed by atoms with Crippen LogP contribution < -0.4 is 5.32 Å². The summed E-state index contributed by atoms with van der Waals surface area (Å²) < 4.78 is 23.8. The molecular formula is C14H17ClFNO3. The first-order chi connectivity index (χ1) is 9.56.